The summed E-state index contributed by atoms with van der Waals surface area (Å²) >= 11 is 2.74. The number of halogens is 1. The van der Waals surface area contributed by atoms with E-state index in [9.17, 15) is 14.0 Å². The van der Waals surface area contributed by atoms with Crippen LogP contribution in [-0.2, 0) is 18.7 Å². The number of benzene rings is 2. The summed E-state index contributed by atoms with van der Waals surface area (Å²) in [7, 11) is 0. The number of rotatable bonds is 5. The summed E-state index contributed by atoms with van der Waals surface area (Å²) < 4.78 is 15.5. The van der Waals surface area contributed by atoms with E-state index in [0.29, 0.717) is 38.2 Å². The zero-order chi connectivity index (χ0) is 22.8. The van der Waals surface area contributed by atoms with Crippen LogP contribution in [0.4, 0.5) is 9.52 Å². The van der Waals surface area contributed by atoms with Crippen molar-refractivity contribution in [2.24, 2.45) is 0 Å². The first kappa shape index (κ1) is 21.7. The van der Waals surface area contributed by atoms with Crippen LogP contribution >= 0.6 is 23.1 Å². The van der Waals surface area contributed by atoms with Gasteiger partial charge < -0.3 is 0 Å². The van der Waals surface area contributed by atoms with Crippen molar-refractivity contribution in [2.45, 2.75) is 42.3 Å². The number of thioether (sulfide) groups is 1. The molecule has 33 heavy (non-hydrogen) atoms. The average molecular weight is 482 g/mol. The van der Waals surface area contributed by atoms with Crippen LogP contribution in [0.2, 0.25) is 0 Å². The second kappa shape index (κ2) is 9.40. The number of hydrogen-bond acceptors (Lipinski definition) is 7. The van der Waals surface area contributed by atoms with Crippen molar-refractivity contribution in [1.82, 2.24) is 19.7 Å². The molecule has 5 rings (SSSR count). The number of aromatic nitrogens is 4. The summed E-state index contributed by atoms with van der Waals surface area (Å²) in [4.78, 5) is 30.3. The van der Waals surface area contributed by atoms with Crippen LogP contribution in [-0.4, -0.2) is 25.7 Å². The van der Waals surface area contributed by atoms with Gasteiger partial charge in [0, 0.05) is 24.3 Å². The standard InChI is InChI=1S/C23H20FN5O2S2/c24-16-8-5-14(6-9-16)13-32-23-28-27-22(33-23)26-20(30)15-7-10-17-18(12-15)25-19-4-2-1-3-11-29(19)21(17)31/h5-10,12H,1-4,11,13H2,(H,26,27,30). The molecular formula is C23H20FN5O2S2. The maximum Gasteiger partial charge on any atom is 0.261 e. The van der Waals surface area contributed by atoms with Gasteiger partial charge in [0.15, 0.2) is 4.34 Å². The van der Waals surface area contributed by atoms with Gasteiger partial charge in [-0.3, -0.25) is 19.5 Å². The van der Waals surface area contributed by atoms with E-state index >= 15 is 0 Å². The lowest BCUT2D eigenvalue weighted by Gasteiger charge is -2.10. The molecular weight excluding hydrogens is 461 g/mol. The Morgan fingerprint density at radius 3 is 2.82 bits per heavy atom. The van der Waals surface area contributed by atoms with Crippen LogP contribution in [0.15, 0.2) is 51.6 Å². The molecule has 0 saturated carbocycles. The molecule has 7 nitrogen and oxygen atoms in total. The molecule has 4 aromatic rings. The highest BCUT2D eigenvalue weighted by molar-refractivity contribution is 8.00. The van der Waals surface area contributed by atoms with Gasteiger partial charge in [-0.05, 0) is 48.7 Å². The molecule has 0 spiro atoms. The molecule has 1 N–H and O–H groups in total. The van der Waals surface area contributed by atoms with Gasteiger partial charge in [0.2, 0.25) is 5.13 Å². The number of nitrogens with one attached hydrogen (secondary N) is 1. The lowest BCUT2D eigenvalue weighted by atomic mass is 10.1. The van der Waals surface area contributed by atoms with Gasteiger partial charge in [-0.25, -0.2) is 9.37 Å². The maximum atomic E-state index is 13.0. The molecule has 2 aromatic heterocycles. The molecule has 0 aliphatic carbocycles. The monoisotopic (exact) mass is 481 g/mol. The Labute approximate surface area is 197 Å². The number of aryl methyl sites for hydroxylation is 1. The minimum Gasteiger partial charge on any atom is -0.296 e. The summed E-state index contributed by atoms with van der Waals surface area (Å²) in [6, 6.07) is 11.3. The highest BCUT2D eigenvalue weighted by Crippen LogP contribution is 2.28. The number of nitrogens with zero attached hydrogens (tertiary/aromatic N) is 4. The number of carbonyl (C=O) groups excluding carboxylic acids is 1. The van der Waals surface area contributed by atoms with E-state index in [1.165, 1.54) is 35.2 Å². The summed E-state index contributed by atoms with van der Waals surface area (Å²) in [6.07, 6.45) is 3.84. The van der Waals surface area contributed by atoms with Crippen LogP contribution in [0.3, 0.4) is 0 Å². The Kier molecular flexibility index (Phi) is 6.19. The molecule has 2 aromatic carbocycles. The van der Waals surface area contributed by atoms with E-state index in [-0.39, 0.29) is 17.3 Å². The van der Waals surface area contributed by atoms with Crippen LogP contribution in [0.5, 0.6) is 0 Å². The molecule has 0 atom stereocenters. The minimum atomic E-state index is -0.333. The zero-order valence-electron chi connectivity index (χ0n) is 17.6. The van der Waals surface area contributed by atoms with Gasteiger partial charge in [0.1, 0.15) is 11.6 Å². The molecule has 0 bridgehead atoms. The van der Waals surface area contributed by atoms with Gasteiger partial charge >= 0.3 is 0 Å². The van der Waals surface area contributed by atoms with E-state index in [0.717, 1.165) is 37.1 Å². The largest absolute Gasteiger partial charge is 0.296 e. The molecule has 1 amide bonds. The van der Waals surface area contributed by atoms with Crippen molar-refractivity contribution in [3.05, 3.63) is 75.6 Å². The van der Waals surface area contributed by atoms with Crippen molar-refractivity contribution in [1.29, 1.82) is 0 Å². The number of fused-ring (bicyclic) bond motifs is 2. The molecule has 0 unspecified atom stereocenters. The van der Waals surface area contributed by atoms with E-state index in [2.05, 4.69) is 20.5 Å². The summed E-state index contributed by atoms with van der Waals surface area (Å²) in [5.74, 6) is 0.808. The van der Waals surface area contributed by atoms with Crippen molar-refractivity contribution in [3.63, 3.8) is 0 Å². The SMILES string of the molecule is O=C(Nc1nnc(SCc2ccc(F)cc2)s1)c1ccc2c(=O)n3c(nc2c1)CCCCC3. The first-order chi connectivity index (χ1) is 16.1. The number of hydrogen-bond donors (Lipinski definition) is 1. The maximum absolute atomic E-state index is 13.0. The molecule has 10 heteroatoms. The summed E-state index contributed by atoms with van der Waals surface area (Å²) in [5.41, 5.74) is 1.87. The van der Waals surface area contributed by atoms with Gasteiger partial charge in [-0.2, -0.15) is 0 Å². The molecule has 1 aliphatic heterocycles. The highest BCUT2D eigenvalue weighted by atomic mass is 32.2. The predicted molar refractivity (Wildman–Crippen MR) is 127 cm³/mol. The molecule has 3 heterocycles. The minimum absolute atomic E-state index is 0.0456. The van der Waals surface area contributed by atoms with Gasteiger partial charge in [0.05, 0.1) is 10.9 Å². The lowest BCUT2D eigenvalue weighted by molar-refractivity contribution is 0.102. The Balaban J connectivity index is 1.30. The Morgan fingerprint density at radius 1 is 1.12 bits per heavy atom. The Morgan fingerprint density at radius 2 is 1.97 bits per heavy atom. The van der Waals surface area contributed by atoms with E-state index in [1.807, 2.05) is 0 Å². The summed E-state index contributed by atoms with van der Waals surface area (Å²) in [5, 5.41) is 11.8. The van der Waals surface area contributed by atoms with Crippen molar-refractivity contribution < 1.29 is 9.18 Å². The molecule has 0 radical (unpaired) electrons. The fraction of sp³-hybridized carbons (Fsp3) is 0.261. The van der Waals surface area contributed by atoms with Crippen LogP contribution in [0.25, 0.3) is 10.9 Å². The van der Waals surface area contributed by atoms with Gasteiger partial charge in [-0.15, -0.1) is 10.2 Å². The fourth-order valence-electron chi connectivity index (χ4n) is 3.77. The molecule has 0 fully saturated rings. The molecule has 1 aliphatic rings. The van der Waals surface area contributed by atoms with Crippen molar-refractivity contribution >= 4 is 45.0 Å². The van der Waals surface area contributed by atoms with Gasteiger partial charge in [0.25, 0.3) is 11.5 Å². The third-order valence-electron chi connectivity index (χ3n) is 5.48. The van der Waals surface area contributed by atoms with E-state index in [1.54, 1.807) is 34.9 Å². The predicted octanol–water partition coefficient (Wildman–Crippen LogP) is 4.66. The summed E-state index contributed by atoms with van der Waals surface area (Å²) in [6.45, 7) is 0.692. The van der Waals surface area contributed by atoms with Crippen LogP contribution in [0.1, 0.15) is 41.0 Å². The number of anilines is 1. The van der Waals surface area contributed by atoms with Gasteiger partial charge in [-0.1, -0.05) is 41.7 Å². The lowest BCUT2D eigenvalue weighted by Crippen LogP contribution is -2.24. The van der Waals surface area contributed by atoms with Crippen LogP contribution < -0.4 is 10.9 Å². The zero-order valence-corrected chi connectivity index (χ0v) is 19.2. The molecule has 168 valence electrons. The fourth-order valence-corrected chi connectivity index (χ4v) is 5.48. The topological polar surface area (TPSA) is 89.8 Å². The second-order valence-electron chi connectivity index (χ2n) is 7.77. The first-order valence-electron chi connectivity index (χ1n) is 10.6. The smallest absolute Gasteiger partial charge is 0.261 e. The van der Waals surface area contributed by atoms with E-state index < -0.39 is 0 Å². The quantitative estimate of drug-likeness (QED) is 0.329. The Bertz CT molecular complexity index is 1380. The molecule has 0 saturated heterocycles. The third-order valence-corrected chi connectivity index (χ3v) is 7.52. The van der Waals surface area contributed by atoms with Crippen molar-refractivity contribution in [3.8, 4) is 0 Å². The third kappa shape index (κ3) is 4.81. The van der Waals surface area contributed by atoms with E-state index in [4.69, 9.17) is 0 Å². The first-order valence-corrected chi connectivity index (χ1v) is 12.4. The second-order valence-corrected chi connectivity index (χ2v) is 9.97. The Hall–Kier alpha value is -3.11. The van der Waals surface area contributed by atoms with Crippen LogP contribution in [0, 0.1) is 5.82 Å². The normalized spacial score (nSPS) is 13.5. The number of amides is 1. The average Bonchev–Trinajstić information content (AvgIpc) is 3.13. The van der Waals surface area contributed by atoms with Crippen molar-refractivity contribution in [2.75, 3.05) is 5.32 Å². The highest BCUT2D eigenvalue weighted by Gasteiger charge is 2.16. The number of carbonyl (C=O) groups is 1.